The Bertz CT molecular complexity index is 1230. The van der Waals surface area contributed by atoms with Crippen LogP contribution in [0.25, 0.3) is 16.8 Å². The van der Waals surface area contributed by atoms with Crippen molar-refractivity contribution in [3.8, 4) is 28.3 Å². The predicted octanol–water partition coefficient (Wildman–Crippen LogP) is 3.53. The van der Waals surface area contributed by atoms with Gasteiger partial charge in [-0.15, -0.1) is 0 Å². The number of aryl methyl sites for hydroxylation is 2. The fourth-order valence-electron chi connectivity index (χ4n) is 3.31. The van der Waals surface area contributed by atoms with E-state index in [4.69, 9.17) is 9.47 Å². The van der Waals surface area contributed by atoms with Crippen LogP contribution in [0.5, 0.6) is 11.5 Å². The summed E-state index contributed by atoms with van der Waals surface area (Å²) in [7, 11) is 3.21. The molecule has 0 aliphatic heterocycles. The van der Waals surface area contributed by atoms with Crippen LogP contribution in [-0.2, 0) is 13.7 Å². The number of hydrogen-bond donors (Lipinski definition) is 0. The minimum absolute atomic E-state index is 0.277. The van der Waals surface area contributed by atoms with Crippen LogP contribution in [0.15, 0.2) is 71.5 Å². The maximum atomic E-state index is 12.3. The fourth-order valence-corrected chi connectivity index (χ4v) is 3.31. The van der Waals surface area contributed by atoms with Gasteiger partial charge in [-0.1, -0.05) is 42.5 Å². The first kappa shape index (κ1) is 19.4. The van der Waals surface area contributed by atoms with Crippen molar-refractivity contribution in [1.82, 2.24) is 19.8 Å². The number of rotatable bonds is 6. The van der Waals surface area contributed by atoms with E-state index in [-0.39, 0.29) is 12.3 Å². The van der Waals surface area contributed by atoms with E-state index < -0.39 is 0 Å². The quantitative estimate of drug-likeness (QED) is 0.493. The maximum absolute atomic E-state index is 12.3. The molecule has 30 heavy (non-hydrogen) atoms. The summed E-state index contributed by atoms with van der Waals surface area (Å²) < 4.78 is 14.1. The Kier molecular flexibility index (Phi) is 5.34. The molecule has 0 saturated heterocycles. The van der Waals surface area contributed by atoms with E-state index in [0.29, 0.717) is 11.4 Å². The Labute approximate surface area is 174 Å². The van der Waals surface area contributed by atoms with Crippen molar-refractivity contribution in [1.29, 1.82) is 0 Å². The van der Waals surface area contributed by atoms with Crippen molar-refractivity contribution in [2.75, 3.05) is 7.11 Å². The Balaban J connectivity index is 1.63. The standard InChI is InChI=1S/C23H22N4O3/c1-16-8-7-11-21(27-23(28)26(2)24-25-27)20(16)15-30-18-12-13-19(22(14-18)29-3)17-9-5-4-6-10-17/h4-14H,15H2,1-3H3. The molecule has 0 bridgehead atoms. The van der Waals surface area contributed by atoms with Gasteiger partial charge in [-0.25, -0.2) is 4.79 Å². The molecule has 0 amide bonds. The zero-order valence-electron chi connectivity index (χ0n) is 17.1. The van der Waals surface area contributed by atoms with E-state index in [0.717, 1.165) is 28.0 Å². The van der Waals surface area contributed by atoms with Gasteiger partial charge in [0, 0.05) is 24.2 Å². The summed E-state index contributed by atoms with van der Waals surface area (Å²) in [5, 5.41) is 7.76. The number of hydrogen-bond acceptors (Lipinski definition) is 5. The first-order valence-corrected chi connectivity index (χ1v) is 9.52. The SMILES string of the molecule is COc1cc(OCc2c(C)cccc2-n2nnn(C)c2=O)ccc1-c1ccccc1. The van der Waals surface area contributed by atoms with Gasteiger partial charge in [-0.3, -0.25) is 0 Å². The molecule has 0 saturated carbocycles. The van der Waals surface area contributed by atoms with Crippen LogP contribution in [0.2, 0.25) is 0 Å². The van der Waals surface area contributed by atoms with Crippen LogP contribution in [0.1, 0.15) is 11.1 Å². The van der Waals surface area contributed by atoms with Crippen molar-refractivity contribution in [2.45, 2.75) is 13.5 Å². The van der Waals surface area contributed by atoms with E-state index in [1.807, 2.05) is 73.7 Å². The molecule has 0 N–H and O–H groups in total. The maximum Gasteiger partial charge on any atom is 0.368 e. The summed E-state index contributed by atoms with van der Waals surface area (Å²) in [6.07, 6.45) is 0. The molecule has 152 valence electrons. The van der Waals surface area contributed by atoms with Gasteiger partial charge in [-0.05, 0) is 46.7 Å². The molecule has 0 spiro atoms. The second kappa shape index (κ2) is 8.24. The number of nitrogens with zero attached hydrogens (tertiary/aromatic N) is 4. The third-order valence-electron chi connectivity index (χ3n) is 4.98. The highest BCUT2D eigenvalue weighted by Gasteiger charge is 2.14. The molecule has 7 nitrogen and oxygen atoms in total. The Hall–Kier alpha value is -3.87. The molecule has 3 aromatic carbocycles. The lowest BCUT2D eigenvalue weighted by molar-refractivity contribution is 0.302. The predicted molar refractivity (Wildman–Crippen MR) is 114 cm³/mol. The van der Waals surface area contributed by atoms with Gasteiger partial charge in [-0.2, -0.15) is 9.36 Å². The van der Waals surface area contributed by atoms with Crippen LogP contribution >= 0.6 is 0 Å². The zero-order valence-corrected chi connectivity index (χ0v) is 17.1. The Morgan fingerprint density at radius 3 is 2.47 bits per heavy atom. The number of ether oxygens (including phenoxy) is 2. The average Bonchev–Trinajstić information content (AvgIpc) is 3.11. The first-order valence-electron chi connectivity index (χ1n) is 9.52. The van der Waals surface area contributed by atoms with E-state index in [2.05, 4.69) is 10.4 Å². The highest BCUT2D eigenvalue weighted by molar-refractivity contribution is 5.71. The fraction of sp³-hybridized carbons (Fsp3) is 0.174. The number of benzene rings is 3. The van der Waals surface area contributed by atoms with E-state index in [1.165, 1.54) is 9.36 Å². The largest absolute Gasteiger partial charge is 0.496 e. The molecule has 0 unspecified atom stereocenters. The second-order valence-corrected chi connectivity index (χ2v) is 6.89. The van der Waals surface area contributed by atoms with Crippen molar-refractivity contribution >= 4 is 0 Å². The molecule has 0 aliphatic carbocycles. The lowest BCUT2D eigenvalue weighted by Crippen LogP contribution is -2.23. The van der Waals surface area contributed by atoms with Crippen LogP contribution < -0.4 is 15.2 Å². The van der Waals surface area contributed by atoms with Gasteiger partial charge in [0.1, 0.15) is 18.1 Å². The van der Waals surface area contributed by atoms with Crippen molar-refractivity contribution in [3.63, 3.8) is 0 Å². The average molecular weight is 402 g/mol. The molecule has 1 aromatic heterocycles. The lowest BCUT2D eigenvalue weighted by atomic mass is 10.0. The summed E-state index contributed by atoms with van der Waals surface area (Å²) in [5.74, 6) is 1.40. The summed E-state index contributed by atoms with van der Waals surface area (Å²) in [4.78, 5) is 12.3. The monoisotopic (exact) mass is 402 g/mol. The van der Waals surface area contributed by atoms with Gasteiger partial charge in [0.25, 0.3) is 0 Å². The van der Waals surface area contributed by atoms with Crippen LogP contribution in [-0.4, -0.2) is 26.9 Å². The van der Waals surface area contributed by atoms with Crippen LogP contribution in [0.3, 0.4) is 0 Å². The van der Waals surface area contributed by atoms with E-state index in [1.54, 1.807) is 14.2 Å². The molecule has 0 aliphatic rings. The Morgan fingerprint density at radius 1 is 0.967 bits per heavy atom. The van der Waals surface area contributed by atoms with E-state index in [9.17, 15) is 4.79 Å². The topological polar surface area (TPSA) is 71.2 Å². The summed E-state index contributed by atoms with van der Waals surface area (Å²) in [5.41, 5.74) is 4.28. The lowest BCUT2D eigenvalue weighted by Gasteiger charge is -2.15. The number of methoxy groups -OCH3 is 1. The van der Waals surface area contributed by atoms with E-state index >= 15 is 0 Å². The van der Waals surface area contributed by atoms with Crippen molar-refractivity contribution in [3.05, 3.63) is 88.3 Å². The summed E-state index contributed by atoms with van der Waals surface area (Å²) in [6, 6.07) is 21.5. The normalized spacial score (nSPS) is 10.8. The molecule has 1 heterocycles. The van der Waals surface area contributed by atoms with Gasteiger partial charge >= 0.3 is 5.69 Å². The number of tetrazole rings is 1. The van der Waals surface area contributed by atoms with Crippen LogP contribution in [0, 0.1) is 6.92 Å². The first-order chi connectivity index (χ1) is 14.6. The highest BCUT2D eigenvalue weighted by atomic mass is 16.5. The third kappa shape index (κ3) is 3.69. The molecular weight excluding hydrogens is 380 g/mol. The third-order valence-corrected chi connectivity index (χ3v) is 4.98. The minimum atomic E-state index is -0.310. The van der Waals surface area contributed by atoms with Crippen molar-refractivity contribution in [2.24, 2.45) is 7.05 Å². The second-order valence-electron chi connectivity index (χ2n) is 6.89. The molecule has 0 fully saturated rings. The van der Waals surface area contributed by atoms with Gasteiger partial charge in [0.15, 0.2) is 0 Å². The summed E-state index contributed by atoms with van der Waals surface area (Å²) in [6.45, 7) is 2.25. The number of aromatic nitrogens is 4. The Morgan fingerprint density at radius 2 is 1.77 bits per heavy atom. The molecule has 0 atom stereocenters. The van der Waals surface area contributed by atoms with Crippen LogP contribution in [0.4, 0.5) is 0 Å². The van der Waals surface area contributed by atoms with Gasteiger partial charge in [0.2, 0.25) is 0 Å². The molecule has 7 heteroatoms. The molecule has 4 rings (SSSR count). The van der Waals surface area contributed by atoms with Gasteiger partial charge < -0.3 is 9.47 Å². The highest BCUT2D eigenvalue weighted by Crippen LogP contribution is 2.33. The van der Waals surface area contributed by atoms with Crippen molar-refractivity contribution < 1.29 is 9.47 Å². The smallest absolute Gasteiger partial charge is 0.368 e. The summed E-state index contributed by atoms with van der Waals surface area (Å²) >= 11 is 0. The minimum Gasteiger partial charge on any atom is -0.496 e. The van der Waals surface area contributed by atoms with Gasteiger partial charge in [0.05, 0.1) is 12.8 Å². The molecular formula is C23H22N4O3. The zero-order chi connectivity index (χ0) is 21.1. The molecule has 0 radical (unpaired) electrons. The molecule has 4 aromatic rings.